The molecule has 2 aromatic rings. The van der Waals surface area contributed by atoms with Crippen molar-refractivity contribution in [2.75, 3.05) is 17.7 Å². The average Bonchev–Trinajstić information content (AvgIpc) is 2.74. The molecule has 0 aliphatic heterocycles. The molecule has 100 valence electrons. The Kier molecular flexibility index (Phi) is 3.66. The third-order valence-corrected chi connectivity index (χ3v) is 3.79. The number of rotatable bonds is 4. The fraction of sp³-hybridized carbons (Fsp3) is 0.250. The van der Waals surface area contributed by atoms with Crippen molar-refractivity contribution in [2.24, 2.45) is 0 Å². The number of aryl methyl sites for hydroxylation is 1. The Morgan fingerprint density at radius 2 is 2.26 bits per heavy atom. The highest BCUT2D eigenvalue weighted by molar-refractivity contribution is 7.09. The van der Waals surface area contributed by atoms with Gasteiger partial charge in [-0.25, -0.2) is 4.98 Å². The lowest BCUT2D eigenvalue weighted by molar-refractivity contribution is -0.383. The number of aromatic nitrogens is 1. The summed E-state index contributed by atoms with van der Waals surface area (Å²) in [4.78, 5) is 17.6. The summed E-state index contributed by atoms with van der Waals surface area (Å²) >= 11 is 1.59. The molecule has 1 aromatic carbocycles. The Labute approximate surface area is 114 Å². The van der Waals surface area contributed by atoms with Gasteiger partial charge in [-0.05, 0) is 19.1 Å². The van der Waals surface area contributed by atoms with E-state index in [1.807, 2.05) is 24.4 Å². The predicted octanol–water partition coefficient (Wildman–Crippen LogP) is 2.58. The van der Waals surface area contributed by atoms with Crippen molar-refractivity contribution >= 4 is 28.4 Å². The quantitative estimate of drug-likeness (QED) is 0.528. The summed E-state index contributed by atoms with van der Waals surface area (Å²) in [6, 6.07) is 4.75. The van der Waals surface area contributed by atoms with Gasteiger partial charge >= 0.3 is 0 Å². The van der Waals surface area contributed by atoms with Gasteiger partial charge in [0.1, 0.15) is 5.69 Å². The summed E-state index contributed by atoms with van der Waals surface area (Å²) in [6.45, 7) is 2.66. The molecule has 1 heterocycles. The lowest BCUT2D eigenvalue weighted by Crippen LogP contribution is -2.16. The smallest absolute Gasteiger partial charge is 0.292 e. The summed E-state index contributed by atoms with van der Waals surface area (Å²) < 4.78 is 0. The third kappa shape index (κ3) is 2.82. The van der Waals surface area contributed by atoms with E-state index in [-0.39, 0.29) is 11.4 Å². The first kappa shape index (κ1) is 13.3. The molecule has 0 atom stereocenters. The maximum Gasteiger partial charge on any atom is 0.292 e. The molecular weight excluding hydrogens is 264 g/mol. The van der Waals surface area contributed by atoms with Crippen molar-refractivity contribution in [3.8, 4) is 0 Å². The number of nitrogen functional groups attached to an aromatic ring is 1. The van der Waals surface area contributed by atoms with Crippen LogP contribution in [-0.4, -0.2) is 17.0 Å². The molecular formula is C12H14N4O2S. The van der Waals surface area contributed by atoms with E-state index in [0.717, 1.165) is 11.4 Å². The molecule has 0 saturated heterocycles. The van der Waals surface area contributed by atoms with Crippen LogP contribution in [0.4, 0.5) is 17.1 Å². The van der Waals surface area contributed by atoms with Gasteiger partial charge in [-0.15, -0.1) is 11.3 Å². The first-order valence-electron chi connectivity index (χ1n) is 5.63. The van der Waals surface area contributed by atoms with Crippen LogP contribution in [0.2, 0.25) is 0 Å². The van der Waals surface area contributed by atoms with E-state index in [4.69, 9.17) is 5.73 Å². The lowest BCUT2D eigenvalue weighted by atomic mass is 10.2. The number of nitrogens with zero attached hydrogens (tertiary/aromatic N) is 3. The largest absolute Gasteiger partial charge is 0.393 e. The van der Waals surface area contributed by atoms with Gasteiger partial charge in [0.05, 0.1) is 22.7 Å². The topological polar surface area (TPSA) is 85.3 Å². The minimum absolute atomic E-state index is 0.0638. The SMILES string of the molecule is Cc1ncsc1CN(C)c1ccc([N+](=O)[O-])c(N)c1. The molecule has 6 nitrogen and oxygen atoms in total. The van der Waals surface area contributed by atoms with Crippen LogP contribution in [-0.2, 0) is 6.54 Å². The van der Waals surface area contributed by atoms with Crippen molar-refractivity contribution in [1.29, 1.82) is 0 Å². The van der Waals surface area contributed by atoms with E-state index in [2.05, 4.69) is 4.98 Å². The molecule has 0 saturated carbocycles. The first-order valence-corrected chi connectivity index (χ1v) is 6.51. The van der Waals surface area contributed by atoms with Gasteiger partial charge in [0.2, 0.25) is 0 Å². The molecule has 7 heteroatoms. The van der Waals surface area contributed by atoms with E-state index in [9.17, 15) is 10.1 Å². The van der Waals surface area contributed by atoms with Crippen molar-refractivity contribution < 1.29 is 4.92 Å². The molecule has 19 heavy (non-hydrogen) atoms. The fourth-order valence-electron chi connectivity index (χ4n) is 1.73. The number of benzene rings is 1. The van der Waals surface area contributed by atoms with Gasteiger partial charge in [-0.1, -0.05) is 0 Å². The Morgan fingerprint density at radius 1 is 1.53 bits per heavy atom. The molecule has 0 fully saturated rings. The van der Waals surface area contributed by atoms with Crippen LogP contribution in [0.1, 0.15) is 10.6 Å². The lowest BCUT2D eigenvalue weighted by Gasteiger charge is -2.19. The molecule has 0 unspecified atom stereocenters. The highest BCUT2D eigenvalue weighted by Crippen LogP contribution is 2.27. The molecule has 0 spiro atoms. The van der Waals surface area contributed by atoms with E-state index in [0.29, 0.717) is 6.54 Å². The number of hydrogen-bond donors (Lipinski definition) is 1. The number of nitro benzene ring substituents is 1. The minimum Gasteiger partial charge on any atom is -0.393 e. The Hall–Kier alpha value is -2.15. The van der Waals surface area contributed by atoms with Gasteiger partial charge in [0.25, 0.3) is 5.69 Å². The van der Waals surface area contributed by atoms with Crippen LogP contribution in [0.3, 0.4) is 0 Å². The van der Waals surface area contributed by atoms with E-state index in [1.165, 1.54) is 10.9 Å². The summed E-state index contributed by atoms with van der Waals surface area (Å²) in [5, 5.41) is 10.7. The maximum atomic E-state index is 10.7. The summed E-state index contributed by atoms with van der Waals surface area (Å²) in [7, 11) is 1.92. The molecule has 1 aromatic heterocycles. The fourth-order valence-corrected chi connectivity index (χ4v) is 2.56. The zero-order chi connectivity index (χ0) is 14.0. The van der Waals surface area contributed by atoms with Crippen LogP contribution in [0.5, 0.6) is 0 Å². The molecule has 0 bridgehead atoms. The van der Waals surface area contributed by atoms with Crippen molar-refractivity contribution in [2.45, 2.75) is 13.5 Å². The average molecular weight is 278 g/mol. The second-order valence-corrected chi connectivity index (χ2v) is 5.16. The predicted molar refractivity (Wildman–Crippen MR) is 76.5 cm³/mol. The zero-order valence-electron chi connectivity index (χ0n) is 10.7. The molecule has 2 rings (SSSR count). The number of nitro groups is 1. The Morgan fingerprint density at radius 3 is 2.79 bits per heavy atom. The van der Waals surface area contributed by atoms with Gasteiger partial charge < -0.3 is 10.6 Å². The number of anilines is 2. The highest BCUT2D eigenvalue weighted by atomic mass is 32.1. The Bertz CT molecular complexity index is 612. The van der Waals surface area contributed by atoms with E-state index < -0.39 is 4.92 Å². The van der Waals surface area contributed by atoms with E-state index in [1.54, 1.807) is 23.5 Å². The first-order chi connectivity index (χ1) is 8.99. The van der Waals surface area contributed by atoms with Gasteiger partial charge in [-0.2, -0.15) is 0 Å². The monoisotopic (exact) mass is 278 g/mol. The maximum absolute atomic E-state index is 10.7. The van der Waals surface area contributed by atoms with Crippen LogP contribution < -0.4 is 10.6 Å². The molecule has 0 aliphatic rings. The highest BCUT2D eigenvalue weighted by Gasteiger charge is 2.13. The third-order valence-electron chi connectivity index (χ3n) is 2.87. The summed E-state index contributed by atoms with van der Waals surface area (Å²) in [5.41, 5.74) is 9.46. The van der Waals surface area contributed by atoms with Crippen molar-refractivity contribution in [1.82, 2.24) is 4.98 Å². The minimum atomic E-state index is -0.480. The van der Waals surface area contributed by atoms with E-state index >= 15 is 0 Å². The van der Waals surface area contributed by atoms with Crippen LogP contribution in [0, 0.1) is 17.0 Å². The summed E-state index contributed by atoms with van der Waals surface area (Å²) in [6.07, 6.45) is 0. The molecule has 0 amide bonds. The second kappa shape index (κ2) is 5.23. The van der Waals surface area contributed by atoms with Gasteiger partial charge in [0.15, 0.2) is 0 Å². The number of hydrogen-bond acceptors (Lipinski definition) is 6. The molecule has 0 aliphatic carbocycles. The number of nitrogens with two attached hydrogens (primary N) is 1. The van der Waals surface area contributed by atoms with Crippen LogP contribution >= 0.6 is 11.3 Å². The van der Waals surface area contributed by atoms with Crippen molar-refractivity contribution in [3.63, 3.8) is 0 Å². The molecule has 0 radical (unpaired) electrons. The van der Waals surface area contributed by atoms with Gasteiger partial charge in [-0.3, -0.25) is 10.1 Å². The standard InChI is InChI=1S/C12H14N4O2S/c1-8-12(19-7-14-8)6-15(2)9-3-4-11(16(17)18)10(13)5-9/h3-5,7H,6,13H2,1-2H3. The van der Waals surface area contributed by atoms with Gasteiger partial charge in [0, 0.05) is 23.7 Å². The summed E-state index contributed by atoms with van der Waals surface area (Å²) in [5.74, 6) is 0. The van der Waals surface area contributed by atoms with Crippen LogP contribution in [0.15, 0.2) is 23.7 Å². The second-order valence-electron chi connectivity index (χ2n) is 4.22. The van der Waals surface area contributed by atoms with Crippen LogP contribution in [0.25, 0.3) is 0 Å². The zero-order valence-corrected chi connectivity index (χ0v) is 11.5. The number of thiazole rings is 1. The van der Waals surface area contributed by atoms with Crippen molar-refractivity contribution in [3.05, 3.63) is 44.4 Å². The normalized spacial score (nSPS) is 10.4. The molecule has 2 N–H and O–H groups in total. The Balaban J connectivity index is 2.20.